The SMILES string of the molecule is CC(C)[C@H](N)C(=O)NCC(=O)N1CCC(C(=O)c2c(F)cc(F)cc2F)CC1.Cl. The smallest absolute Gasteiger partial charge is 0.241 e. The van der Waals surface area contributed by atoms with Crippen molar-refractivity contribution in [2.24, 2.45) is 17.6 Å². The molecule has 6 nitrogen and oxygen atoms in total. The van der Waals surface area contributed by atoms with Crippen LogP contribution in [0.2, 0.25) is 0 Å². The molecule has 0 aliphatic carbocycles. The lowest BCUT2D eigenvalue weighted by Gasteiger charge is -2.31. The number of likely N-dealkylation sites (tertiary alicyclic amines) is 1. The Morgan fingerprint density at radius 1 is 1.14 bits per heavy atom. The Bertz CT molecular complexity index is 745. The summed E-state index contributed by atoms with van der Waals surface area (Å²) in [5.74, 6) is -5.77. The fraction of sp³-hybridized carbons (Fsp3) is 0.526. The Balaban J connectivity index is 0.00000420. The lowest BCUT2D eigenvalue weighted by Crippen LogP contribution is -2.49. The van der Waals surface area contributed by atoms with Gasteiger partial charge in [-0.25, -0.2) is 13.2 Å². The van der Waals surface area contributed by atoms with Crippen LogP contribution >= 0.6 is 12.4 Å². The van der Waals surface area contributed by atoms with Crippen molar-refractivity contribution in [2.45, 2.75) is 32.7 Å². The molecule has 2 amide bonds. The predicted molar refractivity (Wildman–Crippen MR) is 103 cm³/mol. The number of hydrogen-bond donors (Lipinski definition) is 2. The fourth-order valence-electron chi connectivity index (χ4n) is 3.07. The number of carbonyl (C=O) groups is 3. The molecular weight excluding hydrogens is 411 g/mol. The van der Waals surface area contributed by atoms with Gasteiger partial charge in [-0.1, -0.05) is 13.8 Å². The molecule has 1 heterocycles. The average Bonchev–Trinajstić information content (AvgIpc) is 2.64. The van der Waals surface area contributed by atoms with Gasteiger partial charge in [0.1, 0.15) is 17.5 Å². The molecule has 1 aliphatic heterocycles. The van der Waals surface area contributed by atoms with E-state index in [2.05, 4.69) is 5.32 Å². The molecule has 1 saturated heterocycles. The molecule has 0 bridgehead atoms. The molecule has 1 aromatic carbocycles. The molecule has 0 radical (unpaired) electrons. The first-order valence-electron chi connectivity index (χ1n) is 9.11. The summed E-state index contributed by atoms with van der Waals surface area (Å²) in [5.41, 5.74) is 4.96. The first-order valence-corrected chi connectivity index (χ1v) is 9.11. The molecular formula is C19H25ClF3N3O3. The minimum Gasteiger partial charge on any atom is -0.346 e. The minimum absolute atomic E-state index is 0. The number of hydrogen-bond acceptors (Lipinski definition) is 4. The van der Waals surface area contributed by atoms with E-state index in [1.54, 1.807) is 13.8 Å². The Morgan fingerprint density at radius 3 is 2.14 bits per heavy atom. The van der Waals surface area contributed by atoms with E-state index in [9.17, 15) is 27.6 Å². The van der Waals surface area contributed by atoms with Crippen LogP contribution in [0.15, 0.2) is 12.1 Å². The molecule has 1 atom stereocenters. The van der Waals surface area contributed by atoms with Crippen molar-refractivity contribution in [3.05, 3.63) is 35.1 Å². The summed E-state index contributed by atoms with van der Waals surface area (Å²) in [6.07, 6.45) is 0.445. The van der Waals surface area contributed by atoms with Crippen LogP contribution in [0.3, 0.4) is 0 Å². The number of ketones is 1. The number of nitrogens with one attached hydrogen (secondary N) is 1. The highest BCUT2D eigenvalue weighted by Crippen LogP contribution is 2.25. The van der Waals surface area contributed by atoms with E-state index >= 15 is 0 Å². The van der Waals surface area contributed by atoms with Gasteiger partial charge in [0.25, 0.3) is 0 Å². The van der Waals surface area contributed by atoms with Gasteiger partial charge in [-0.05, 0) is 18.8 Å². The lowest BCUT2D eigenvalue weighted by atomic mass is 9.88. The molecule has 1 fully saturated rings. The third kappa shape index (κ3) is 6.17. The van der Waals surface area contributed by atoms with Gasteiger partial charge in [0.2, 0.25) is 11.8 Å². The van der Waals surface area contributed by atoms with E-state index in [0.717, 1.165) is 0 Å². The van der Waals surface area contributed by atoms with Gasteiger partial charge in [-0.15, -0.1) is 12.4 Å². The number of benzene rings is 1. The van der Waals surface area contributed by atoms with Crippen LogP contribution in [0.25, 0.3) is 0 Å². The highest BCUT2D eigenvalue weighted by Gasteiger charge is 2.31. The number of halogens is 4. The number of piperidine rings is 1. The summed E-state index contributed by atoms with van der Waals surface area (Å²) in [7, 11) is 0. The largest absolute Gasteiger partial charge is 0.346 e. The standard InChI is InChI=1S/C19H24F3N3O3.ClH/c1-10(2)17(23)19(28)24-9-15(26)25-5-3-11(4-6-25)18(27)16-13(21)7-12(20)8-14(16)22;/h7-8,10-11,17H,3-6,9,23H2,1-2H3,(H,24,28);1H/t17-;/m0./s1. The van der Waals surface area contributed by atoms with Crippen LogP contribution in [0.4, 0.5) is 13.2 Å². The van der Waals surface area contributed by atoms with E-state index < -0.39 is 46.7 Å². The monoisotopic (exact) mass is 435 g/mol. The second-order valence-electron chi connectivity index (χ2n) is 7.25. The third-order valence-corrected chi connectivity index (χ3v) is 4.91. The van der Waals surface area contributed by atoms with Crippen LogP contribution in [0.1, 0.15) is 37.0 Å². The summed E-state index contributed by atoms with van der Waals surface area (Å²) in [4.78, 5) is 37.9. The van der Waals surface area contributed by atoms with Crippen molar-refractivity contribution in [2.75, 3.05) is 19.6 Å². The molecule has 0 unspecified atom stereocenters. The molecule has 10 heteroatoms. The first-order chi connectivity index (χ1) is 13.1. The Labute approximate surface area is 173 Å². The van der Waals surface area contributed by atoms with E-state index in [0.29, 0.717) is 12.1 Å². The Kier molecular flexibility index (Phi) is 9.10. The molecule has 162 valence electrons. The molecule has 3 N–H and O–H groups in total. The molecule has 0 saturated carbocycles. The maximum atomic E-state index is 13.8. The predicted octanol–water partition coefficient (Wildman–Crippen LogP) is 2.05. The molecule has 29 heavy (non-hydrogen) atoms. The van der Waals surface area contributed by atoms with Crippen molar-refractivity contribution < 1.29 is 27.6 Å². The van der Waals surface area contributed by atoms with Crippen LogP contribution in [0.5, 0.6) is 0 Å². The normalized spacial score (nSPS) is 15.6. The van der Waals surface area contributed by atoms with Crippen molar-refractivity contribution in [3.63, 3.8) is 0 Å². The number of carbonyl (C=O) groups excluding carboxylic acids is 3. The second-order valence-corrected chi connectivity index (χ2v) is 7.25. The summed E-state index contributed by atoms with van der Waals surface area (Å²) >= 11 is 0. The zero-order chi connectivity index (χ0) is 21.0. The zero-order valence-corrected chi connectivity index (χ0v) is 17.0. The quantitative estimate of drug-likeness (QED) is 0.669. The third-order valence-electron chi connectivity index (χ3n) is 4.91. The first kappa shape index (κ1) is 24.9. The van der Waals surface area contributed by atoms with Gasteiger partial charge in [-0.3, -0.25) is 14.4 Å². The number of Topliss-reactive ketones (excluding diaryl/α,β-unsaturated/α-hetero) is 1. The highest BCUT2D eigenvalue weighted by molar-refractivity contribution is 5.98. The summed E-state index contributed by atoms with van der Waals surface area (Å²) in [6, 6.07) is 0.232. The topological polar surface area (TPSA) is 92.5 Å². The molecule has 2 rings (SSSR count). The van der Waals surface area contributed by atoms with Gasteiger partial charge in [0, 0.05) is 31.1 Å². The number of nitrogens with two attached hydrogens (primary N) is 1. The fourth-order valence-corrected chi connectivity index (χ4v) is 3.07. The van der Waals surface area contributed by atoms with Crippen LogP contribution in [-0.4, -0.2) is 48.2 Å². The van der Waals surface area contributed by atoms with Gasteiger partial charge in [0.15, 0.2) is 5.78 Å². The number of rotatable bonds is 6. The van der Waals surface area contributed by atoms with E-state index in [-0.39, 0.29) is 56.7 Å². The van der Waals surface area contributed by atoms with Gasteiger partial charge >= 0.3 is 0 Å². The molecule has 0 spiro atoms. The molecule has 1 aliphatic rings. The Morgan fingerprint density at radius 2 is 1.66 bits per heavy atom. The van der Waals surface area contributed by atoms with Gasteiger partial charge in [-0.2, -0.15) is 0 Å². The maximum Gasteiger partial charge on any atom is 0.241 e. The maximum absolute atomic E-state index is 13.8. The summed E-state index contributed by atoms with van der Waals surface area (Å²) in [5, 5.41) is 2.48. The lowest BCUT2D eigenvalue weighted by molar-refractivity contribution is -0.134. The minimum atomic E-state index is -1.23. The van der Waals surface area contributed by atoms with Crippen molar-refractivity contribution >= 4 is 30.0 Å². The zero-order valence-electron chi connectivity index (χ0n) is 16.2. The summed E-state index contributed by atoms with van der Waals surface area (Å²) in [6.45, 7) is 3.80. The van der Waals surface area contributed by atoms with Gasteiger partial charge < -0.3 is 16.0 Å². The average molecular weight is 436 g/mol. The Hall–Kier alpha value is -2.13. The van der Waals surface area contributed by atoms with Crippen LogP contribution in [0, 0.1) is 29.3 Å². The van der Waals surface area contributed by atoms with E-state index in [4.69, 9.17) is 5.73 Å². The van der Waals surface area contributed by atoms with Crippen molar-refractivity contribution in [3.8, 4) is 0 Å². The van der Waals surface area contributed by atoms with Gasteiger partial charge in [0.05, 0.1) is 18.2 Å². The van der Waals surface area contributed by atoms with Crippen molar-refractivity contribution in [1.29, 1.82) is 0 Å². The second kappa shape index (κ2) is 10.6. The number of amides is 2. The number of nitrogens with zero attached hydrogens (tertiary/aromatic N) is 1. The highest BCUT2D eigenvalue weighted by atomic mass is 35.5. The summed E-state index contributed by atoms with van der Waals surface area (Å²) < 4.78 is 40.6. The van der Waals surface area contributed by atoms with E-state index in [1.807, 2.05) is 0 Å². The molecule has 1 aromatic rings. The van der Waals surface area contributed by atoms with Crippen LogP contribution in [-0.2, 0) is 9.59 Å². The van der Waals surface area contributed by atoms with Crippen LogP contribution < -0.4 is 11.1 Å². The molecule has 0 aromatic heterocycles. The van der Waals surface area contributed by atoms with Crippen molar-refractivity contribution in [1.82, 2.24) is 10.2 Å². The van der Waals surface area contributed by atoms with E-state index in [1.165, 1.54) is 4.90 Å².